The molecule has 0 heterocycles. The third-order valence-corrected chi connectivity index (χ3v) is 3.00. The van der Waals surface area contributed by atoms with Gasteiger partial charge in [0.15, 0.2) is 5.78 Å². The van der Waals surface area contributed by atoms with E-state index in [-0.39, 0.29) is 28.9 Å². The molecule has 3 heteroatoms. The van der Waals surface area contributed by atoms with Gasteiger partial charge in [-0.05, 0) is 30.2 Å². The highest BCUT2D eigenvalue weighted by Gasteiger charge is 2.17. The summed E-state index contributed by atoms with van der Waals surface area (Å²) in [6.45, 7) is 1.49. The van der Waals surface area contributed by atoms with Gasteiger partial charge >= 0.3 is 0 Å². The van der Waals surface area contributed by atoms with E-state index in [0.717, 1.165) is 5.56 Å². The Balaban J connectivity index is 2.39. The summed E-state index contributed by atoms with van der Waals surface area (Å²) in [5.74, 6) is -0.767. The minimum absolute atomic E-state index is 0.111. The largest absolute Gasteiger partial charge is 0.294 e. The van der Waals surface area contributed by atoms with Crippen LogP contribution in [0, 0.1) is 12.7 Å². The summed E-state index contributed by atoms with van der Waals surface area (Å²) in [4.78, 5) is 23.1. The van der Waals surface area contributed by atoms with E-state index in [9.17, 15) is 14.0 Å². The molecule has 0 fully saturated rings. The monoisotopic (exact) mass is 255 g/mol. The molecule has 0 amide bonds. The van der Waals surface area contributed by atoms with E-state index in [1.165, 1.54) is 19.1 Å². The van der Waals surface area contributed by atoms with Crippen LogP contribution in [0.15, 0.2) is 42.5 Å². The first kappa shape index (κ1) is 13.1. The first-order valence-corrected chi connectivity index (χ1v) is 5.88. The Morgan fingerprint density at radius 2 is 1.84 bits per heavy atom. The van der Waals surface area contributed by atoms with Crippen LogP contribution in [0.25, 0.3) is 0 Å². The predicted octanol–water partition coefficient (Wildman–Crippen LogP) is 3.02. The van der Waals surface area contributed by atoms with E-state index < -0.39 is 5.82 Å². The fourth-order valence-corrected chi connectivity index (χ4v) is 2.00. The van der Waals surface area contributed by atoms with Gasteiger partial charge in [0.2, 0.25) is 6.29 Å². The van der Waals surface area contributed by atoms with Gasteiger partial charge in [-0.3, -0.25) is 9.59 Å². The molecule has 0 unspecified atom stereocenters. The lowest BCUT2D eigenvalue weighted by Gasteiger charge is -2.08. The smallest absolute Gasteiger partial charge is 0.234 e. The number of halogens is 1. The first-order chi connectivity index (χ1) is 9.13. The SMILES string of the molecule is Cc1c(F)ccc([C]=O)c1C(=O)Cc1ccccc1. The van der Waals surface area contributed by atoms with Gasteiger partial charge < -0.3 is 0 Å². The molecule has 0 bridgehead atoms. The van der Waals surface area contributed by atoms with Gasteiger partial charge in [-0.15, -0.1) is 0 Å². The maximum absolute atomic E-state index is 13.5. The molecule has 0 saturated carbocycles. The van der Waals surface area contributed by atoms with Crippen molar-refractivity contribution in [2.24, 2.45) is 0 Å². The fraction of sp³-hybridized carbons (Fsp3) is 0.125. The lowest BCUT2D eigenvalue weighted by atomic mass is 9.94. The van der Waals surface area contributed by atoms with Crippen molar-refractivity contribution in [2.45, 2.75) is 13.3 Å². The van der Waals surface area contributed by atoms with Crippen LogP contribution in [0.1, 0.15) is 27.0 Å². The first-order valence-electron chi connectivity index (χ1n) is 5.88. The molecule has 0 N–H and O–H groups in total. The van der Waals surface area contributed by atoms with Crippen molar-refractivity contribution in [1.29, 1.82) is 0 Å². The highest BCUT2D eigenvalue weighted by Crippen LogP contribution is 2.19. The topological polar surface area (TPSA) is 34.1 Å². The van der Waals surface area contributed by atoms with E-state index >= 15 is 0 Å². The molecule has 19 heavy (non-hydrogen) atoms. The van der Waals surface area contributed by atoms with Crippen molar-refractivity contribution in [1.82, 2.24) is 0 Å². The van der Waals surface area contributed by atoms with Crippen molar-refractivity contribution < 1.29 is 14.0 Å². The zero-order chi connectivity index (χ0) is 13.8. The average molecular weight is 255 g/mol. The lowest BCUT2D eigenvalue weighted by Crippen LogP contribution is -2.10. The summed E-state index contributed by atoms with van der Waals surface area (Å²) >= 11 is 0. The van der Waals surface area contributed by atoms with Gasteiger partial charge in [-0.1, -0.05) is 30.3 Å². The Morgan fingerprint density at radius 1 is 1.16 bits per heavy atom. The standard InChI is InChI=1S/C16H12FO2/c1-11-14(17)8-7-13(10-18)16(11)15(19)9-12-5-3-2-4-6-12/h2-8H,9H2,1H3. The van der Waals surface area contributed by atoms with Crippen LogP contribution in [0.3, 0.4) is 0 Å². The zero-order valence-electron chi connectivity index (χ0n) is 10.4. The molecule has 2 aromatic rings. The minimum Gasteiger partial charge on any atom is -0.294 e. The molecule has 2 aromatic carbocycles. The Bertz CT molecular complexity index is 618. The third kappa shape index (κ3) is 2.76. The second-order valence-corrected chi connectivity index (χ2v) is 4.28. The summed E-state index contributed by atoms with van der Waals surface area (Å²) in [6, 6.07) is 11.6. The number of Topliss-reactive ketones (excluding diaryl/α,β-unsaturated/α-hetero) is 1. The summed E-state index contributed by atoms with van der Waals surface area (Å²) in [7, 11) is 0. The molecule has 2 nitrogen and oxygen atoms in total. The van der Waals surface area contributed by atoms with Gasteiger partial charge in [0.1, 0.15) is 5.82 Å². The van der Waals surface area contributed by atoms with Crippen molar-refractivity contribution in [3.05, 3.63) is 70.5 Å². The number of hydrogen-bond donors (Lipinski definition) is 0. The molecule has 0 aliphatic carbocycles. The van der Waals surface area contributed by atoms with Gasteiger partial charge in [0.05, 0.1) is 0 Å². The average Bonchev–Trinajstić information content (AvgIpc) is 2.42. The van der Waals surface area contributed by atoms with E-state index in [1.54, 1.807) is 6.29 Å². The number of benzene rings is 2. The molecular weight excluding hydrogens is 243 g/mol. The molecule has 95 valence electrons. The quantitative estimate of drug-likeness (QED) is 0.787. The van der Waals surface area contributed by atoms with Crippen LogP contribution in [0.2, 0.25) is 0 Å². The fourth-order valence-electron chi connectivity index (χ4n) is 2.00. The molecule has 0 aliphatic heterocycles. The van der Waals surface area contributed by atoms with Crippen LogP contribution in [-0.4, -0.2) is 12.1 Å². The molecule has 0 saturated heterocycles. The molecule has 2 rings (SSSR count). The van der Waals surface area contributed by atoms with E-state index in [2.05, 4.69) is 0 Å². The number of carbonyl (C=O) groups is 1. The van der Waals surface area contributed by atoms with E-state index in [4.69, 9.17) is 0 Å². The molecular formula is C16H12FO2. The van der Waals surface area contributed by atoms with E-state index in [1.807, 2.05) is 30.3 Å². The minimum atomic E-state index is -0.490. The summed E-state index contributed by atoms with van der Waals surface area (Å²) in [5.41, 5.74) is 1.26. The molecule has 1 radical (unpaired) electrons. The molecule has 0 atom stereocenters. The van der Waals surface area contributed by atoms with E-state index in [0.29, 0.717) is 0 Å². The Hall–Kier alpha value is -2.29. The van der Waals surface area contributed by atoms with Crippen LogP contribution in [0.5, 0.6) is 0 Å². The predicted molar refractivity (Wildman–Crippen MR) is 70.4 cm³/mol. The van der Waals surface area contributed by atoms with Crippen LogP contribution < -0.4 is 0 Å². The van der Waals surface area contributed by atoms with Crippen molar-refractivity contribution in [2.75, 3.05) is 0 Å². The Kier molecular flexibility index (Phi) is 3.85. The number of ketones is 1. The highest BCUT2D eigenvalue weighted by atomic mass is 19.1. The summed E-state index contributed by atoms with van der Waals surface area (Å²) < 4.78 is 13.5. The normalized spacial score (nSPS) is 10.2. The van der Waals surface area contributed by atoms with Gasteiger partial charge in [-0.25, -0.2) is 4.39 Å². The summed E-state index contributed by atoms with van der Waals surface area (Å²) in [5, 5.41) is 0. The number of rotatable bonds is 4. The second-order valence-electron chi connectivity index (χ2n) is 4.28. The zero-order valence-corrected chi connectivity index (χ0v) is 10.4. The maximum atomic E-state index is 13.5. The molecule has 0 aromatic heterocycles. The van der Waals surface area contributed by atoms with Crippen LogP contribution in [-0.2, 0) is 11.2 Å². The number of carbonyl (C=O) groups excluding carboxylic acids is 2. The molecule has 0 spiro atoms. The van der Waals surface area contributed by atoms with Crippen molar-refractivity contribution in [3.63, 3.8) is 0 Å². The van der Waals surface area contributed by atoms with Crippen LogP contribution in [0.4, 0.5) is 4.39 Å². The summed E-state index contributed by atoms with van der Waals surface area (Å²) in [6.07, 6.45) is 1.83. The Morgan fingerprint density at radius 3 is 2.47 bits per heavy atom. The van der Waals surface area contributed by atoms with Crippen LogP contribution >= 0.6 is 0 Å². The van der Waals surface area contributed by atoms with Gasteiger partial charge in [0, 0.05) is 17.5 Å². The second kappa shape index (κ2) is 5.57. The van der Waals surface area contributed by atoms with Gasteiger partial charge in [0.25, 0.3) is 0 Å². The van der Waals surface area contributed by atoms with Crippen molar-refractivity contribution >= 4 is 12.1 Å². The number of hydrogen-bond acceptors (Lipinski definition) is 2. The lowest BCUT2D eigenvalue weighted by molar-refractivity contribution is 0.0991. The maximum Gasteiger partial charge on any atom is 0.234 e. The Labute approximate surface area is 110 Å². The highest BCUT2D eigenvalue weighted by molar-refractivity contribution is 6.05. The van der Waals surface area contributed by atoms with Gasteiger partial charge in [-0.2, -0.15) is 0 Å². The molecule has 0 aliphatic rings. The van der Waals surface area contributed by atoms with Crippen molar-refractivity contribution in [3.8, 4) is 0 Å². The third-order valence-electron chi connectivity index (χ3n) is 3.00.